The summed E-state index contributed by atoms with van der Waals surface area (Å²) in [6.45, 7) is 0.428. The molecular weight excluding hydrogens is 338 g/mol. The molecule has 1 aromatic carbocycles. The molecule has 0 bridgehead atoms. The standard InChI is InChI=1S/C16H15N7O3/c17-16(24)26-15-8-4-7-13(19-15)10-25-20-14(9-23-11-18-21-22-23)12-5-2-1-3-6-12/h1-8,11H,9-10H2,(H2,17,24). The van der Waals surface area contributed by atoms with Gasteiger partial charge in [-0.2, -0.15) is 0 Å². The number of ether oxygens (including phenoxy) is 1. The van der Waals surface area contributed by atoms with Crippen molar-refractivity contribution in [2.75, 3.05) is 0 Å². The highest BCUT2D eigenvalue weighted by Gasteiger charge is 2.07. The number of benzene rings is 1. The Bertz CT molecular complexity index is 882. The molecule has 0 aliphatic rings. The second-order valence-corrected chi connectivity index (χ2v) is 5.07. The Kier molecular flexibility index (Phi) is 5.45. The van der Waals surface area contributed by atoms with Crippen molar-refractivity contribution in [3.8, 4) is 5.88 Å². The molecule has 132 valence electrons. The third kappa shape index (κ3) is 4.84. The lowest BCUT2D eigenvalue weighted by Gasteiger charge is -2.07. The topological polar surface area (TPSA) is 130 Å². The summed E-state index contributed by atoms with van der Waals surface area (Å²) in [6.07, 6.45) is 0.561. The summed E-state index contributed by atoms with van der Waals surface area (Å²) >= 11 is 0. The Morgan fingerprint density at radius 1 is 1.15 bits per heavy atom. The minimum Gasteiger partial charge on any atom is -0.391 e. The van der Waals surface area contributed by atoms with Crippen LogP contribution in [-0.4, -0.2) is 37.0 Å². The lowest BCUT2D eigenvalue weighted by Crippen LogP contribution is -2.17. The fraction of sp³-hybridized carbons (Fsp3) is 0.125. The summed E-state index contributed by atoms with van der Waals surface area (Å²) in [5.41, 5.74) is 7.02. The van der Waals surface area contributed by atoms with E-state index in [2.05, 4.69) is 25.7 Å². The average molecular weight is 353 g/mol. The summed E-state index contributed by atoms with van der Waals surface area (Å²) < 4.78 is 6.27. The Morgan fingerprint density at radius 2 is 2.00 bits per heavy atom. The summed E-state index contributed by atoms with van der Waals surface area (Å²) in [5, 5.41) is 15.2. The van der Waals surface area contributed by atoms with Gasteiger partial charge in [0.1, 0.15) is 12.0 Å². The van der Waals surface area contributed by atoms with Gasteiger partial charge in [-0.3, -0.25) is 0 Å². The van der Waals surface area contributed by atoms with Gasteiger partial charge >= 0.3 is 6.09 Å². The van der Waals surface area contributed by atoms with Gasteiger partial charge in [0.15, 0.2) is 6.61 Å². The fourth-order valence-corrected chi connectivity index (χ4v) is 2.08. The van der Waals surface area contributed by atoms with Crippen molar-refractivity contribution >= 4 is 11.8 Å². The number of aromatic nitrogens is 5. The van der Waals surface area contributed by atoms with Crippen LogP contribution in [0.1, 0.15) is 11.3 Å². The van der Waals surface area contributed by atoms with E-state index >= 15 is 0 Å². The molecule has 2 heterocycles. The molecule has 10 heteroatoms. The van der Waals surface area contributed by atoms with Crippen LogP contribution >= 0.6 is 0 Å². The van der Waals surface area contributed by atoms with Crippen LogP contribution in [0.25, 0.3) is 0 Å². The van der Waals surface area contributed by atoms with Crippen molar-refractivity contribution in [3.63, 3.8) is 0 Å². The molecule has 0 aliphatic heterocycles. The van der Waals surface area contributed by atoms with Gasteiger partial charge in [-0.05, 0) is 16.5 Å². The predicted molar refractivity (Wildman–Crippen MR) is 90.0 cm³/mol. The van der Waals surface area contributed by atoms with Crippen LogP contribution in [0.4, 0.5) is 4.79 Å². The molecule has 0 saturated heterocycles. The van der Waals surface area contributed by atoms with Crippen molar-refractivity contribution < 1.29 is 14.4 Å². The molecule has 0 fully saturated rings. The summed E-state index contributed by atoms with van der Waals surface area (Å²) in [7, 11) is 0. The van der Waals surface area contributed by atoms with E-state index in [0.717, 1.165) is 5.56 Å². The number of nitrogens with zero attached hydrogens (tertiary/aromatic N) is 6. The Hall–Kier alpha value is -3.82. The molecule has 0 spiro atoms. The van der Waals surface area contributed by atoms with Crippen LogP contribution < -0.4 is 10.5 Å². The first kappa shape index (κ1) is 17.0. The number of nitrogens with two attached hydrogens (primary N) is 1. The van der Waals surface area contributed by atoms with Crippen molar-refractivity contribution in [1.29, 1.82) is 0 Å². The van der Waals surface area contributed by atoms with Gasteiger partial charge in [0, 0.05) is 11.6 Å². The zero-order chi connectivity index (χ0) is 18.2. The van der Waals surface area contributed by atoms with Crippen LogP contribution in [0.5, 0.6) is 5.88 Å². The van der Waals surface area contributed by atoms with Crippen LogP contribution in [0.15, 0.2) is 60.0 Å². The molecule has 1 amide bonds. The predicted octanol–water partition coefficient (Wildman–Crippen LogP) is 1.15. The largest absolute Gasteiger partial charge is 0.411 e. The van der Waals surface area contributed by atoms with Gasteiger partial charge in [0.25, 0.3) is 0 Å². The van der Waals surface area contributed by atoms with E-state index in [1.54, 1.807) is 12.1 Å². The van der Waals surface area contributed by atoms with Gasteiger partial charge in [-0.25, -0.2) is 14.5 Å². The molecule has 0 atom stereocenters. The Balaban J connectivity index is 1.71. The van der Waals surface area contributed by atoms with E-state index < -0.39 is 6.09 Å². The third-order valence-electron chi connectivity index (χ3n) is 3.18. The highest BCUT2D eigenvalue weighted by Crippen LogP contribution is 2.09. The van der Waals surface area contributed by atoms with Crippen molar-refractivity contribution in [2.45, 2.75) is 13.2 Å². The van der Waals surface area contributed by atoms with Gasteiger partial charge in [-0.15, -0.1) is 5.10 Å². The van der Waals surface area contributed by atoms with Gasteiger partial charge < -0.3 is 15.3 Å². The van der Waals surface area contributed by atoms with Gasteiger partial charge in [0.05, 0.1) is 12.2 Å². The normalized spacial score (nSPS) is 11.2. The summed E-state index contributed by atoms with van der Waals surface area (Å²) in [6, 6.07) is 14.4. The number of hydrogen-bond acceptors (Lipinski definition) is 8. The van der Waals surface area contributed by atoms with Crippen LogP contribution in [0.3, 0.4) is 0 Å². The van der Waals surface area contributed by atoms with Gasteiger partial charge in [-0.1, -0.05) is 41.6 Å². The molecule has 0 aliphatic carbocycles. The molecule has 0 unspecified atom stereocenters. The molecular formula is C16H15N7O3. The first-order valence-electron chi connectivity index (χ1n) is 7.59. The molecule has 3 aromatic rings. The fourth-order valence-electron chi connectivity index (χ4n) is 2.08. The number of amides is 1. The molecule has 2 aromatic heterocycles. The molecule has 3 rings (SSSR count). The van der Waals surface area contributed by atoms with E-state index in [-0.39, 0.29) is 12.5 Å². The summed E-state index contributed by atoms with van der Waals surface area (Å²) in [4.78, 5) is 20.3. The number of primary amides is 1. The van der Waals surface area contributed by atoms with Crippen molar-refractivity contribution in [3.05, 3.63) is 66.1 Å². The molecule has 26 heavy (non-hydrogen) atoms. The maximum atomic E-state index is 10.8. The molecule has 2 N–H and O–H groups in total. The van der Waals surface area contributed by atoms with E-state index in [9.17, 15) is 4.79 Å². The van der Waals surface area contributed by atoms with Crippen LogP contribution in [0, 0.1) is 0 Å². The Labute approximate surface area is 148 Å². The maximum absolute atomic E-state index is 10.8. The zero-order valence-corrected chi connectivity index (χ0v) is 13.6. The number of rotatable bonds is 7. The highest BCUT2D eigenvalue weighted by atomic mass is 16.6. The van der Waals surface area contributed by atoms with Crippen molar-refractivity contribution in [2.24, 2.45) is 10.9 Å². The minimum absolute atomic E-state index is 0.0852. The van der Waals surface area contributed by atoms with E-state index in [1.165, 1.54) is 17.1 Å². The molecule has 10 nitrogen and oxygen atoms in total. The molecule has 0 radical (unpaired) electrons. The Morgan fingerprint density at radius 3 is 2.73 bits per heavy atom. The highest BCUT2D eigenvalue weighted by molar-refractivity contribution is 5.99. The third-order valence-corrected chi connectivity index (χ3v) is 3.18. The van der Waals surface area contributed by atoms with E-state index in [4.69, 9.17) is 15.3 Å². The van der Waals surface area contributed by atoms with Crippen LogP contribution in [0.2, 0.25) is 0 Å². The number of oxime groups is 1. The second-order valence-electron chi connectivity index (χ2n) is 5.07. The smallest absolute Gasteiger partial charge is 0.391 e. The summed E-state index contributed by atoms with van der Waals surface area (Å²) in [5.74, 6) is 0.0968. The first-order chi connectivity index (χ1) is 12.7. The quantitative estimate of drug-likeness (QED) is 0.498. The van der Waals surface area contributed by atoms with Crippen LogP contribution in [-0.2, 0) is 18.0 Å². The van der Waals surface area contributed by atoms with Gasteiger partial charge in [0.2, 0.25) is 5.88 Å². The van der Waals surface area contributed by atoms with E-state index in [0.29, 0.717) is 18.0 Å². The first-order valence-corrected chi connectivity index (χ1v) is 7.59. The monoisotopic (exact) mass is 353 g/mol. The number of carbonyl (C=O) groups excluding carboxylic acids is 1. The van der Waals surface area contributed by atoms with E-state index in [1.807, 2.05) is 30.3 Å². The van der Waals surface area contributed by atoms with Crippen molar-refractivity contribution in [1.82, 2.24) is 25.2 Å². The number of carbonyl (C=O) groups is 1. The lowest BCUT2D eigenvalue weighted by atomic mass is 10.1. The second kappa shape index (κ2) is 8.33. The molecule has 0 saturated carbocycles. The lowest BCUT2D eigenvalue weighted by molar-refractivity contribution is 0.126. The number of tetrazole rings is 1. The average Bonchev–Trinajstić information content (AvgIpc) is 3.15. The minimum atomic E-state index is -0.929. The zero-order valence-electron chi connectivity index (χ0n) is 13.6. The SMILES string of the molecule is NC(=O)Oc1cccc(CON=C(Cn2cnnn2)c2ccccc2)n1. The number of pyridine rings is 1. The maximum Gasteiger partial charge on any atom is 0.411 e. The number of hydrogen-bond donors (Lipinski definition) is 1.